The molecule has 1 atom stereocenters. The van der Waals surface area contributed by atoms with E-state index in [1.165, 1.54) is 18.4 Å². The number of benzene rings is 1. The predicted molar refractivity (Wildman–Crippen MR) is 79.0 cm³/mol. The van der Waals surface area contributed by atoms with Crippen LogP contribution >= 0.6 is 0 Å². The second-order valence-electron chi connectivity index (χ2n) is 4.50. The lowest BCUT2D eigenvalue weighted by atomic mass is 10.1. The molecule has 5 heteroatoms. The monoisotopic (exact) mass is 284 g/mol. The fourth-order valence-corrected chi connectivity index (χ4v) is 1.84. The molecule has 0 aliphatic rings. The van der Waals surface area contributed by atoms with E-state index in [0.29, 0.717) is 12.2 Å². The third-order valence-electron chi connectivity index (χ3n) is 2.88. The van der Waals surface area contributed by atoms with E-state index in [9.17, 15) is 9.59 Å². The number of carbonyl (C=O) groups is 2. The van der Waals surface area contributed by atoms with Crippen LogP contribution in [0.5, 0.6) is 0 Å². The minimum absolute atomic E-state index is 0.358. The smallest absolute Gasteiger partial charge is 0.244 e. The number of amides is 2. The third-order valence-corrected chi connectivity index (χ3v) is 2.88. The Balaban J connectivity index is 1.96. The number of hydrogen-bond donors (Lipinski definition) is 2. The Bertz CT molecular complexity index is 618. The van der Waals surface area contributed by atoms with Crippen molar-refractivity contribution >= 4 is 17.9 Å². The SMILES string of the molecule is NC(=O)[C@@H](Cc1ccccc1)NC(=O)/C=C/c1ccco1. The largest absolute Gasteiger partial charge is 0.465 e. The minimum atomic E-state index is -0.749. The Kier molecular flexibility index (Phi) is 4.93. The maximum atomic E-state index is 11.8. The molecule has 2 rings (SSSR count). The highest BCUT2D eigenvalue weighted by Crippen LogP contribution is 2.04. The van der Waals surface area contributed by atoms with Crippen LogP contribution in [-0.2, 0) is 16.0 Å². The van der Waals surface area contributed by atoms with Crippen LogP contribution in [0.15, 0.2) is 59.2 Å². The second-order valence-corrected chi connectivity index (χ2v) is 4.50. The summed E-state index contributed by atoms with van der Waals surface area (Å²) in [6, 6.07) is 12.1. The van der Waals surface area contributed by atoms with Crippen LogP contribution in [0.25, 0.3) is 6.08 Å². The van der Waals surface area contributed by atoms with Gasteiger partial charge in [-0.3, -0.25) is 9.59 Å². The van der Waals surface area contributed by atoms with Crippen molar-refractivity contribution in [3.63, 3.8) is 0 Å². The average Bonchev–Trinajstić information content (AvgIpc) is 2.99. The van der Waals surface area contributed by atoms with E-state index in [-0.39, 0.29) is 0 Å². The van der Waals surface area contributed by atoms with E-state index in [2.05, 4.69) is 5.32 Å². The lowest BCUT2D eigenvalue weighted by molar-refractivity contribution is -0.124. The molecule has 0 fully saturated rings. The molecule has 1 aromatic heterocycles. The van der Waals surface area contributed by atoms with Crippen LogP contribution in [0.1, 0.15) is 11.3 Å². The van der Waals surface area contributed by atoms with E-state index in [0.717, 1.165) is 5.56 Å². The van der Waals surface area contributed by atoms with Gasteiger partial charge in [0.25, 0.3) is 0 Å². The van der Waals surface area contributed by atoms with Gasteiger partial charge in [-0.15, -0.1) is 0 Å². The minimum Gasteiger partial charge on any atom is -0.465 e. The molecule has 0 spiro atoms. The second kappa shape index (κ2) is 7.09. The molecule has 0 bridgehead atoms. The highest BCUT2D eigenvalue weighted by molar-refractivity contribution is 5.95. The van der Waals surface area contributed by atoms with Crippen molar-refractivity contribution in [1.29, 1.82) is 0 Å². The van der Waals surface area contributed by atoms with Gasteiger partial charge < -0.3 is 15.5 Å². The number of carbonyl (C=O) groups excluding carboxylic acids is 2. The highest BCUT2D eigenvalue weighted by atomic mass is 16.3. The van der Waals surface area contributed by atoms with Crippen LogP contribution in [0, 0.1) is 0 Å². The molecule has 0 aliphatic carbocycles. The molecule has 0 radical (unpaired) electrons. The molecule has 5 nitrogen and oxygen atoms in total. The lowest BCUT2D eigenvalue weighted by Gasteiger charge is -2.14. The van der Waals surface area contributed by atoms with Crippen molar-refractivity contribution in [1.82, 2.24) is 5.32 Å². The zero-order valence-corrected chi connectivity index (χ0v) is 11.4. The van der Waals surface area contributed by atoms with Gasteiger partial charge in [0, 0.05) is 12.5 Å². The molecule has 0 unspecified atom stereocenters. The quantitative estimate of drug-likeness (QED) is 0.788. The molecular formula is C16H16N2O3. The number of rotatable bonds is 6. The number of primary amides is 1. The molecular weight excluding hydrogens is 268 g/mol. The van der Waals surface area contributed by atoms with Crippen molar-refractivity contribution in [2.75, 3.05) is 0 Å². The Morgan fingerprint density at radius 3 is 2.57 bits per heavy atom. The van der Waals surface area contributed by atoms with E-state index in [4.69, 9.17) is 10.2 Å². The lowest BCUT2D eigenvalue weighted by Crippen LogP contribution is -2.45. The van der Waals surface area contributed by atoms with Crippen molar-refractivity contribution in [3.05, 3.63) is 66.1 Å². The van der Waals surface area contributed by atoms with Crippen LogP contribution in [0.3, 0.4) is 0 Å². The predicted octanol–water partition coefficient (Wildman–Crippen LogP) is 1.51. The number of furan rings is 1. The van der Waals surface area contributed by atoms with Gasteiger partial charge in [0.2, 0.25) is 11.8 Å². The zero-order valence-electron chi connectivity index (χ0n) is 11.4. The van der Waals surface area contributed by atoms with E-state index < -0.39 is 17.9 Å². The van der Waals surface area contributed by atoms with Crippen LogP contribution in [0.2, 0.25) is 0 Å². The Morgan fingerprint density at radius 2 is 1.95 bits per heavy atom. The first-order valence-corrected chi connectivity index (χ1v) is 6.50. The molecule has 1 aromatic carbocycles. The molecule has 0 saturated carbocycles. The summed E-state index contributed by atoms with van der Waals surface area (Å²) in [4.78, 5) is 23.2. The molecule has 0 aliphatic heterocycles. The van der Waals surface area contributed by atoms with Gasteiger partial charge in [0.1, 0.15) is 11.8 Å². The maximum Gasteiger partial charge on any atom is 0.244 e. The van der Waals surface area contributed by atoms with Crippen molar-refractivity contribution in [2.45, 2.75) is 12.5 Å². The van der Waals surface area contributed by atoms with Gasteiger partial charge in [0.15, 0.2) is 0 Å². The molecule has 21 heavy (non-hydrogen) atoms. The van der Waals surface area contributed by atoms with Gasteiger partial charge in [-0.1, -0.05) is 30.3 Å². The van der Waals surface area contributed by atoms with Crippen LogP contribution in [0.4, 0.5) is 0 Å². The van der Waals surface area contributed by atoms with E-state index in [1.807, 2.05) is 30.3 Å². The van der Waals surface area contributed by atoms with Crippen molar-refractivity contribution in [3.8, 4) is 0 Å². The topological polar surface area (TPSA) is 85.3 Å². The normalized spacial score (nSPS) is 12.2. The number of nitrogens with one attached hydrogen (secondary N) is 1. The first-order chi connectivity index (χ1) is 10.1. The van der Waals surface area contributed by atoms with Crippen molar-refractivity contribution < 1.29 is 14.0 Å². The summed E-state index contributed by atoms with van der Waals surface area (Å²) < 4.78 is 5.07. The molecule has 3 N–H and O–H groups in total. The summed E-state index contributed by atoms with van der Waals surface area (Å²) in [5, 5.41) is 2.59. The molecule has 2 amide bonds. The molecule has 108 valence electrons. The fourth-order valence-electron chi connectivity index (χ4n) is 1.84. The van der Waals surface area contributed by atoms with E-state index in [1.54, 1.807) is 12.1 Å². The van der Waals surface area contributed by atoms with E-state index >= 15 is 0 Å². The number of nitrogens with two attached hydrogens (primary N) is 1. The number of hydrogen-bond acceptors (Lipinski definition) is 3. The Morgan fingerprint density at radius 1 is 1.19 bits per heavy atom. The summed E-state index contributed by atoms with van der Waals surface area (Å²) >= 11 is 0. The van der Waals surface area contributed by atoms with Crippen LogP contribution < -0.4 is 11.1 Å². The van der Waals surface area contributed by atoms with Gasteiger partial charge in [0.05, 0.1) is 6.26 Å². The highest BCUT2D eigenvalue weighted by Gasteiger charge is 2.17. The Hall–Kier alpha value is -2.82. The third kappa shape index (κ3) is 4.65. The molecule has 2 aromatic rings. The summed E-state index contributed by atoms with van der Waals surface area (Å²) in [6.07, 6.45) is 4.70. The van der Waals surface area contributed by atoms with Gasteiger partial charge in [-0.05, 0) is 23.8 Å². The standard InChI is InChI=1S/C16H16N2O3/c17-16(20)14(11-12-5-2-1-3-6-12)18-15(19)9-8-13-7-4-10-21-13/h1-10,14H,11H2,(H2,17,20)(H,18,19)/b9-8+/t14-/m1/s1. The van der Waals surface area contributed by atoms with Gasteiger partial charge in [-0.2, -0.15) is 0 Å². The molecule has 1 heterocycles. The zero-order chi connectivity index (χ0) is 15.1. The van der Waals surface area contributed by atoms with Gasteiger partial charge in [-0.25, -0.2) is 0 Å². The summed E-state index contributed by atoms with van der Waals surface area (Å²) in [7, 11) is 0. The van der Waals surface area contributed by atoms with Crippen LogP contribution in [-0.4, -0.2) is 17.9 Å². The average molecular weight is 284 g/mol. The molecule has 0 saturated heterocycles. The fraction of sp³-hybridized carbons (Fsp3) is 0.125. The maximum absolute atomic E-state index is 11.8. The first-order valence-electron chi connectivity index (χ1n) is 6.50. The summed E-state index contributed by atoms with van der Waals surface area (Å²) in [6.45, 7) is 0. The Labute approximate surface area is 122 Å². The summed E-state index contributed by atoms with van der Waals surface area (Å²) in [5.41, 5.74) is 6.25. The van der Waals surface area contributed by atoms with Crippen molar-refractivity contribution in [2.24, 2.45) is 5.73 Å². The first kappa shape index (κ1) is 14.6. The summed E-state index contributed by atoms with van der Waals surface area (Å²) in [5.74, 6) is -0.409. The van der Waals surface area contributed by atoms with Gasteiger partial charge >= 0.3 is 0 Å².